The van der Waals surface area contributed by atoms with E-state index in [9.17, 15) is 4.79 Å². The van der Waals surface area contributed by atoms with Crippen LogP contribution in [0.2, 0.25) is 0 Å². The van der Waals surface area contributed by atoms with Gasteiger partial charge in [-0.15, -0.1) is 0 Å². The Labute approximate surface area is 94.7 Å². The Morgan fingerprint density at radius 2 is 2.27 bits per heavy atom. The van der Waals surface area contributed by atoms with E-state index in [0.29, 0.717) is 10.2 Å². The average Bonchev–Trinajstić information content (AvgIpc) is 2.60. The summed E-state index contributed by atoms with van der Waals surface area (Å²) in [6, 6.07) is 3.71. The lowest BCUT2D eigenvalue weighted by molar-refractivity contribution is 0.0602. The van der Waals surface area contributed by atoms with E-state index >= 15 is 0 Å². The van der Waals surface area contributed by atoms with Gasteiger partial charge in [0.05, 0.1) is 18.2 Å². The number of aryl methyl sites for hydroxylation is 1. The molecule has 2 rings (SSSR count). The predicted octanol–water partition coefficient (Wildman–Crippen LogP) is 2.42. The van der Waals surface area contributed by atoms with Crippen molar-refractivity contribution in [1.29, 1.82) is 0 Å². The van der Waals surface area contributed by atoms with Gasteiger partial charge in [-0.1, -0.05) is 6.07 Å². The number of hydrogen-bond donors (Lipinski definition) is 1. The highest BCUT2D eigenvalue weighted by molar-refractivity contribution is 9.10. The summed E-state index contributed by atoms with van der Waals surface area (Å²) in [4.78, 5) is 11.6. The minimum Gasteiger partial charge on any atom is -0.465 e. The first-order valence-electron chi connectivity index (χ1n) is 4.36. The molecule has 2 aromatic rings. The second-order valence-electron chi connectivity index (χ2n) is 3.18. The second-order valence-corrected chi connectivity index (χ2v) is 3.97. The van der Waals surface area contributed by atoms with Crippen LogP contribution >= 0.6 is 15.9 Å². The fourth-order valence-corrected chi connectivity index (χ4v) is 2.03. The maximum absolute atomic E-state index is 11.6. The number of halogens is 1. The van der Waals surface area contributed by atoms with Gasteiger partial charge < -0.3 is 4.74 Å². The maximum atomic E-state index is 11.6. The lowest BCUT2D eigenvalue weighted by Gasteiger charge is -2.04. The molecule has 0 aliphatic heterocycles. The molecule has 0 bridgehead atoms. The lowest BCUT2D eigenvalue weighted by atomic mass is 10.0. The number of nitrogens with one attached hydrogen (secondary N) is 1. The van der Waals surface area contributed by atoms with Crippen LogP contribution in [0, 0.1) is 6.92 Å². The molecule has 1 N–H and O–H groups in total. The zero-order chi connectivity index (χ0) is 11.0. The molecule has 0 spiro atoms. The summed E-state index contributed by atoms with van der Waals surface area (Å²) in [6.07, 6.45) is 0. The highest BCUT2D eigenvalue weighted by atomic mass is 79.9. The van der Waals surface area contributed by atoms with Crippen LogP contribution < -0.4 is 0 Å². The third-order valence-electron chi connectivity index (χ3n) is 2.28. The molecule has 5 heteroatoms. The molecule has 0 unspecified atom stereocenters. The van der Waals surface area contributed by atoms with Crippen molar-refractivity contribution in [2.45, 2.75) is 6.92 Å². The summed E-state index contributed by atoms with van der Waals surface area (Å²) >= 11 is 3.32. The monoisotopic (exact) mass is 268 g/mol. The zero-order valence-corrected chi connectivity index (χ0v) is 9.88. The molecule has 15 heavy (non-hydrogen) atoms. The number of aromatic amines is 1. The van der Waals surface area contributed by atoms with E-state index < -0.39 is 0 Å². The van der Waals surface area contributed by atoms with E-state index in [1.165, 1.54) is 7.11 Å². The number of nitrogens with zero attached hydrogens (tertiary/aromatic N) is 1. The smallest absolute Gasteiger partial charge is 0.338 e. The Morgan fingerprint density at radius 1 is 1.53 bits per heavy atom. The van der Waals surface area contributed by atoms with Gasteiger partial charge in [0, 0.05) is 5.39 Å². The van der Waals surface area contributed by atoms with Crippen molar-refractivity contribution in [2.75, 3.05) is 7.11 Å². The van der Waals surface area contributed by atoms with Gasteiger partial charge in [-0.05, 0) is 34.5 Å². The number of benzene rings is 1. The Bertz CT molecular complexity index is 533. The molecule has 0 saturated heterocycles. The van der Waals surface area contributed by atoms with E-state index in [1.807, 2.05) is 19.1 Å². The number of aromatic nitrogens is 2. The summed E-state index contributed by atoms with van der Waals surface area (Å²) in [5, 5.41) is 7.60. The highest BCUT2D eigenvalue weighted by Crippen LogP contribution is 2.27. The number of carbonyl (C=O) groups excluding carboxylic acids is 1. The number of fused-ring (bicyclic) bond motifs is 1. The van der Waals surface area contributed by atoms with Crippen LogP contribution in [0.15, 0.2) is 16.7 Å². The van der Waals surface area contributed by atoms with Gasteiger partial charge in [0.2, 0.25) is 0 Å². The highest BCUT2D eigenvalue weighted by Gasteiger charge is 2.17. The molecule has 1 aromatic heterocycles. The fraction of sp³-hybridized carbons (Fsp3) is 0.200. The van der Waals surface area contributed by atoms with Crippen molar-refractivity contribution >= 4 is 32.8 Å². The van der Waals surface area contributed by atoms with Crippen LogP contribution in [-0.2, 0) is 4.74 Å². The van der Waals surface area contributed by atoms with Crippen LogP contribution in [0.4, 0.5) is 0 Å². The topological polar surface area (TPSA) is 55.0 Å². The molecule has 0 atom stereocenters. The molecular formula is C10H9BrN2O2. The number of H-pyrrole nitrogens is 1. The molecule has 4 nitrogen and oxygen atoms in total. The van der Waals surface area contributed by atoms with Crippen LogP contribution in [0.3, 0.4) is 0 Å². The molecule has 0 saturated carbocycles. The maximum Gasteiger partial charge on any atom is 0.338 e. The van der Waals surface area contributed by atoms with Gasteiger partial charge in [-0.2, -0.15) is 5.10 Å². The molecule has 78 valence electrons. The molecule has 0 amide bonds. The minimum absolute atomic E-state index is 0.347. The van der Waals surface area contributed by atoms with Gasteiger partial charge in [-0.25, -0.2) is 4.79 Å². The first-order valence-corrected chi connectivity index (χ1v) is 5.16. The number of hydrogen-bond acceptors (Lipinski definition) is 3. The first kappa shape index (κ1) is 10.2. The number of carbonyl (C=O) groups is 1. The molecule has 0 radical (unpaired) electrons. The molecule has 0 aliphatic rings. The number of esters is 1. The zero-order valence-electron chi connectivity index (χ0n) is 8.30. The Kier molecular flexibility index (Phi) is 2.48. The van der Waals surface area contributed by atoms with Crippen molar-refractivity contribution in [1.82, 2.24) is 10.2 Å². The van der Waals surface area contributed by atoms with Gasteiger partial charge >= 0.3 is 5.97 Å². The Hall–Kier alpha value is -1.36. The number of methoxy groups -OCH3 is 1. The van der Waals surface area contributed by atoms with E-state index in [1.54, 1.807) is 0 Å². The van der Waals surface area contributed by atoms with Crippen LogP contribution in [-0.4, -0.2) is 23.3 Å². The van der Waals surface area contributed by atoms with Crippen molar-refractivity contribution < 1.29 is 9.53 Å². The summed E-state index contributed by atoms with van der Waals surface area (Å²) < 4.78 is 5.44. The van der Waals surface area contributed by atoms with Crippen LogP contribution in [0.1, 0.15) is 15.9 Å². The van der Waals surface area contributed by atoms with Crippen molar-refractivity contribution in [3.8, 4) is 0 Å². The van der Waals surface area contributed by atoms with Gasteiger partial charge in [0.25, 0.3) is 0 Å². The largest absolute Gasteiger partial charge is 0.465 e. The fourth-order valence-electron chi connectivity index (χ4n) is 1.54. The van der Waals surface area contributed by atoms with Gasteiger partial charge in [0.1, 0.15) is 4.60 Å². The van der Waals surface area contributed by atoms with Crippen molar-refractivity contribution in [3.63, 3.8) is 0 Å². The first-order chi connectivity index (χ1) is 7.15. The third-order valence-corrected chi connectivity index (χ3v) is 2.85. The normalized spacial score (nSPS) is 10.6. The molecular weight excluding hydrogens is 260 g/mol. The van der Waals surface area contributed by atoms with E-state index in [0.717, 1.165) is 16.5 Å². The van der Waals surface area contributed by atoms with Crippen LogP contribution in [0.5, 0.6) is 0 Å². The van der Waals surface area contributed by atoms with E-state index in [4.69, 9.17) is 4.74 Å². The van der Waals surface area contributed by atoms with Crippen molar-refractivity contribution in [2.24, 2.45) is 0 Å². The van der Waals surface area contributed by atoms with Gasteiger partial charge in [0.15, 0.2) is 0 Å². The van der Waals surface area contributed by atoms with E-state index in [-0.39, 0.29) is 5.97 Å². The summed E-state index contributed by atoms with van der Waals surface area (Å²) in [6.45, 7) is 1.87. The second kappa shape index (κ2) is 3.66. The quantitative estimate of drug-likeness (QED) is 0.809. The lowest BCUT2D eigenvalue weighted by Crippen LogP contribution is -2.04. The SMILES string of the molecule is COC(=O)c1c(C)ccc2n[nH]c(Br)c12. The molecule has 1 heterocycles. The van der Waals surface area contributed by atoms with E-state index in [2.05, 4.69) is 26.1 Å². The Morgan fingerprint density at radius 3 is 2.93 bits per heavy atom. The van der Waals surface area contributed by atoms with Crippen molar-refractivity contribution in [3.05, 3.63) is 27.9 Å². The number of rotatable bonds is 1. The minimum atomic E-state index is -0.347. The summed E-state index contributed by atoms with van der Waals surface area (Å²) in [7, 11) is 1.37. The molecule has 0 fully saturated rings. The summed E-state index contributed by atoms with van der Waals surface area (Å²) in [5.74, 6) is -0.347. The molecule has 1 aromatic carbocycles. The number of ether oxygens (including phenoxy) is 1. The standard InChI is InChI=1S/C10H9BrN2O2/c1-5-3-4-6-8(9(11)13-12-6)7(5)10(14)15-2/h3-4H,1-2H3,(H,12,13). The Balaban J connectivity index is 2.84. The average molecular weight is 269 g/mol. The van der Waals surface area contributed by atoms with Crippen LogP contribution in [0.25, 0.3) is 10.9 Å². The predicted molar refractivity (Wildman–Crippen MR) is 59.9 cm³/mol. The third kappa shape index (κ3) is 1.52. The summed E-state index contributed by atoms with van der Waals surface area (Å²) in [5.41, 5.74) is 2.17. The molecule has 0 aliphatic carbocycles. The van der Waals surface area contributed by atoms with Gasteiger partial charge in [-0.3, -0.25) is 5.10 Å².